The summed E-state index contributed by atoms with van der Waals surface area (Å²) in [5.74, 6) is 0.378. The van der Waals surface area contributed by atoms with Crippen LogP contribution in [-0.2, 0) is 26.1 Å². The van der Waals surface area contributed by atoms with Crippen molar-refractivity contribution in [1.29, 1.82) is 0 Å². The van der Waals surface area contributed by atoms with Crippen LogP contribution < -0.4 is 9.04 Å². The van der Waals surface area contributed by atoms with Gasteiger partial charge in [-0.1, -0.05) is 60.1 Å². The quantitative estimate of drug-likeness (QED) is 0.305. The Hall–Kier alpha value is -2.58. The molecule has 0 aliphatic rings. The lowest BCUT2D eigenvalue weighted by Gasteiger charge is -2.26. The number of sulfonamides is 1. The number of hydrogen-bond acceptors (Lipinski definition) is 5. The van der Waals surface area contributed by atoms with E-state index in [1.807, 2.05) is 30.3 Å². The Morgan fingerprint density at radius 2 is 1.58 bits per heavy atom. The summed E-state index contributed by atoms with van der Waals surface area (Å²) in [4.78, 5) is 0.138. The lowest BCUT2D eigenvalue weighted by Crippen LogP contribution is -2.34. The van der Waals surface area contributed by atoms with Crippen molar-refractivity contribution in [3.8, 4) is 5.75 Å². The molecule has 0 heterocycles. The minimum atomic E-state index is -3.93. The summed E-state index contributed by atoms with van der Waals surface area (Å²) in [6, 6.07) is 22.6. The molecule has 31 heavy (non-hydrogen) atoms. The normalized spacial score (nSPS) is 11.3. The lowest BCUT2D eigenvalue weighted by atomic mass is 10.2. The maximum absolute atomic E-state index is 13.5. The Balaban J connectivity index is 1.96. The molecule has 0 aliphatic heterocycles. The third kappa shape index (κ3) is 6.21. The van der Waals surface area contributed by atoms with Crippen LogP contribution in [-0.4, -0.2) is 35.5 Å². The van der Waals surface area contributed by atoms with Crippen LogP contribution >= 0.6 is 11.6 Å². The topological polar surface area (TPSA) is 65.1 Å². The van der Waals surface area contributed by atoms with E-state index in [9.17, 15) is 8.42 Å². The van der Waals surface area contributed by atoms with Crippen molar-refractivity contribution in [3.63, 3.8) is 0 Å². The highest BCUT2D eigenvalue weighted by Crippen LogP contribution is 2.35. The number of rotatable bonds is 11. The van der Waals surface area contributed by atoms with Crippen LogP contribution in [0.4, 0.5) is 5.69 Å². The van der Waals surface area contributed by atoms with Gasteiger partial charge in [0.2, 0.25) is 0 Å². The van der Waals surface area contributed by atoms with Gasteiger partial charge in [-0.2, -0.15) is 0 Å². The molecule has 0 amide bonds. The van der Waals surface area contributed by atoms with Crippen molar-refractivity contribution < 1.29 is 22.6 Å². The molecule has 0 aliphatic carbocycles. The first-order valence-corrected chi connectivity index (χ1v) is 11.4. The van der Waals surface area contributed by atoms with Gasteiger partial charge in [0.15, 0.2) is 0 Å². The number of hydrogen-bond donors (Lipinski definition) is 0. The molecule has 0 aromatic heterocycles. The van der Waals surface area contributed by atoms with E-state index >= 15 is 0 Å². The second-order valence-electron chi connectivity index (χ2n) is 6.58. The van der Waals surface area contributed by atoms with Gasteiger partial charge in [-0.3, -0.25) is 0 Å². The average Bonchev–Trinajstić information content (AvgIpc) is 2.79. The molecule has 3 aromatic rings. The number of benzene rings is 3. The van der Waals surface area contributed by atoms with Gasteiger partial charge >= 0.3 is 0 Å². The van der Waals surface area contributed by atoms with Crippen molar-refractivity contribution in [2.45, 2.75) is 11.5 Å². The summed E-state index contributed by atoms with van der Waals surface area (Å²) in [6.07, 6.45) is 0. The molecule has 0 radical (unpaired) electrons. The van der Waals surface area contributed by atoms with Gasteiger partial charge in [0.25, 0.3) is 10.0 Å². The minimum absolute atomic E-state index is 0.138. The Kier molecular flexibility index (Phi) is 8.31. The van der Waals surface area contributed by atoms with Crippen LogP contribution in [0.2, 0.25) is 5.02 Å². The highest BCUT2D eigenvalue weighted by molar-refractivity contribution is 7.92. The fourth-order valence-electron chi connectivity index (χ4n) is 2.82. The van der Waals surface area contributed by atoms with Gasteiger partial charge in [0.1, 0.15) is 19.1 Å². The van der Waals surface area contributed by atoms with Crippen LogP contribution in [0.25, 0.3) is 0 Å². The molecular formula is C23H24ClNO5S. The molecule has 3 aromatic carbocycles. The van der Waals surface area contributed by atoms with E-state index in [1.54, 1.807) is 43.5 Å². The van der Waals surface area contributed by atoms with Crippen LogP contribution in [0.3, 0.4) is 0 Å². The summed E-state index contributed by atoms with van der Waals surface area (Å²) < 4.78 is 44.6. The molecule has 0 atom stereocenters. The Labute approximate surface area is 188 Å². The smallest absolute Gasteiger partial charge is 0.266 e. The molecule has 6 nitrogen and oxygen atoms in total. The lowest BCUT2D eigenvalue weighted by molar-refractivity contribution is 0.0754. The first kappa shape index (κ1) is 23.1. The first-order chi connectivity index (χ1) is 15.0. The van der Waals surface area contributed by atoms with Crippen LogP contribution in [0, 0.1) is 0 Å². The third-order valence-corrected chi connectivity index (χ3v) is 6.38. The predicted octanol–water partition coefficient (Wildman–Crippen LogP) is 4.73. The molecule has 0 unspecified atom stereocenters. The third-order valence-electron chi connectivity index (χ3n) is 4.40. The SMILES string of the molecule is COCCOCN(c1cc(Cl)ccc1OCc1ccccc1)S(=O)(=O)c1ccccc1. The van der Waals surface area contributed by atoms with E-state index in [-0.39, 0.29) is 24.8 Å². The zero-order valence-corrected chi connectivity index (χ0v) is 18.7. The molecule has 0 fully saturated rings. The number of methoxy groups -OCH3 is 1. The molecular weight excluding hydrogens is 438 g/mol. The minimum Gasteiger partial charge on any atom is -0.487 e. The van der Waals surface area contributed by atoms with E-state index < -0.39 is 10.0 Å². The van der Waals surface area contributed by atoms with E-state index in [2.05, 4.69) is 0 Å². The van der Waals surface area contributed by atoms with Crippen LogP contribution in [0.15, 0.2) is 83.8 Å². The summed E-state index contributed by atoms with van der Waals surface area (Å²) in [7, 11) is -2.38. The van der Waals surface area contributed by atoms with Gasteiger partial charge in [0.05, 0.1) is 23.8 Å². The first-order valence-electron chi connectivity index (χ1n) is 9.63. The summed E-state index contributed by atoms with van der Waals surface area (Å²) >= 11 is 6.22. The van der Waals surface area contributed by atoms with Gasteiger partial charge in [-0.05, 0) is 35.9 Å². The fraction of sp³-hybridized carbons (Fsp3) is 0.217. The zero-order valence-electron chi connectivity index (χ0n) is 17.1. The van der Waals surface area contributed by atoms with Gasteiger partial charge < -0.3 is 14.2 Å². The Bertz CT molecular complexity index is 1060. The predicted molar refractivity (Wildman–Crippen MR) is 121 cm³/mol. The maximum atomic E-state index is 13.5. The fourth-order valence-corrected chi connectivity index (χ4v) is 4.36. The van der Waals surface area contributed by atoms with E-state index in [0.29, 0.717) is 23.1 Å². The standard InChI is InChI=1S/C23H24ClNO5S/c1-28-14-15-29-18-25(31(26,27)21-10-6-3-7-11-21)22-16-20(24)12-13-23(22)30-17-19-8-4-2-5-9-19/h2-13,16H,14-15,17-18H2,1H3. The Morgan fingerprint density at radius 3 is 2.26 bits per heavy atom. The van der Waals surface area contributed by atoms with Gasteiger partial charge in [0, 0.05) is 12.1 Å². The zero-order chi connectivity index (χ0) is 22.1. The molecule has 0 N–H and O–H groups in total. The molecule has 0 spiro atoms. The van der Waals surface area contributed by atoms with Gasteiger partial charge in [-0.15, -0.1) is 0 Å². The van der Waals surface area contributed by atoms with Crippen molar-refractivity contribution in [1.82, 2.24) is 0 Å². The number of nitrogens with zero attached hydrogens (tertiary/aromatic N) is 1. The highest BCUT2D eigenvalue weighted by Gasteiger charge is 2.28. The molecule has 0 saturated heterocycles. The summed E-state index contributed by atoms with van der Waals surface area (Å²) in [5.41, 5.74) is 1.25. The van der Waals surface area contributed by atoms with Crippen LogP contribution in [0.1, 0.15) is 5.56 Å². The number of ether oxygens (including phenoxy) is 3. The van der Waals surface area contributed by atoms with Crippen molar-refractivity contribution in [2.24, 2.45) is 0 Å². The largest absolute Gasteiger partial charge is 0.487 e. The van der Waals surface area contributed by atoms with E-state index in [0.717, 1.165) is 9.87 Å². The van der Waals surface area contributed by atoms with Crippen molar-refractivity contribution >= 4 is 27.3 Å². The molecule has 3 rings (SSSR count). The molecule has 8 heteroatoms. The second kappa shape index (κ2) is 11.2. The average molecular weight is 462 g/mol. The summed E-state index contributed by atoms with van der Waals surface area (Å²) in [6.45, 7) is 0.631. The van der Waals surface area contributed by atoms with Crippen molar-refractivity contribution in [2.75, 3.05) is 31.4 Å². The van der Waals surface area contributed by atoms with E-state index in [1.165, 1.54) is 12.1 Å². The van der Waals surface area contributed by atoms with E-state index in [4.69, 9.17) is 25.8 Å². The highest BCUT2D eigenvalue weighted by atomic mass is 35.5. The Morgan fingerprint density at radius 1 is 0.903 bits per heavy atom. The maximum Gasteiger partial charge on any atom is 0.266 e. The number of halogens is 1. The molecule has 164 valence electrons. The number of anilines is 1. The van der Waals surface area contributed by atoms with Gasteiger partial charge in [-0.25, -0.2) is 12.7 Å². The second-order valence-corrected chi connectivity index (χ2v) is 8.88. The molecule has 0 bridgehead atoms. The summed E-state index contributed by atoms with van der Waals surface area (Å²) in [5, 5.41) is 0.382. The monoisotopic (exact) mass is 461 g/mol. The van der Waals surface area contributed by atoms with Crippen molar-refractivity contribution in [3.05, 3.63) is 89.4 Å². The molecule has 0 saturated carbocycles. The van der Waals surface area contributed by atoms with Crippen LogP contribution in [0.5, 0.6) is 5.75 Å².